The summed E-state index contributed by atoms with van der Waals surface area (Å²) in [5.74, 6) is -7.94. The molecular weight excluding hydrogens is 297 g/mol. The average molecular weight is 304 g/mol. The molecule has 0 aliphatic carbocycles. The van der Waals surface area contributed by atoms with Gasteiger partial charge in [0.2, 0.25) is 0 Å². The van der Waals surface area contributed by atoms with Crippen LogP contribution in [0.2, 0.25) is 0 Å². The van der Waals surface area contributed by atoms with E-state index in [9.17, 15) is 26.7 Å². The van der Waals surface area contributed by atoms with Crippen molar-refractivity contribution in [2.45, 2.75) is 12.0 Å². The summed E-state index contributed by atoms with van der Waals surface area (Å²) in [5.41, 5.74) is -1.10. The van der Waals surface area contributed by atoms with Crippen LogP contribution in [-0.4, -0.2) is 18.6 Å². The quantitative estimate of drug-likeness (QED) is 0.810. The van der Waals surface area contributed by atoms with Crippen LogP contribution in [-0.2, 0) is 4.74 Å². The van der Waals surface area contributed by atoms with Crippen LogP contribution >= 0.6 is 12.4 Å². The second kappa shape index (κ2) is 5.20. The molecule has 1 heterocycles. The molecular formula is C10H7ClF5NO2. The number of hydrogen-bond donors (Lipinski definition) is 1. The Morgan fingerprint density at radius 1 is 1.21 bits per heavy atom. The molecule has 3 nitrogen and oxygen atoms in total. The summed E-state index contributed by atoms with van der Waals surface area (Å²) in [6.45, 7) is -1.31. The van der Waals surface area contributed by atoms with E-state index in [1.54, 1.807) is 5.32 Å². The van der Waals surface area contributed by atoms with E-state index in [0.717, 1.165) is 0 Å². The highest BCUT2D eigenvalue weighted by Gasteiger charge is 2.49. The number of carbonyl (C=O) groups excluding carboxylic acids is 1. The Hall–Kier alpha value is -1.57. The molecule has 9 heteroatoms. The van der Waals surface area contributed by atoms with Crippen molar-refractivity contribution in [2.24, 2.45) is 0 Å². The van der Waals surface area contributed by atoms with Gasteiger partial charge >= 0.3 is 12.0 Å². The van der Waals surface area contributed by atoms with Gasteiger partial charge in [0.1, 0.15) is 23.5 Å². The maximum atomic E-state index is 13.4. The molecule has 0 radical (unpaired) electrons. The smallest absolute Gasteiger partial charge is 0.408 e. The van der Waals surface area contributed by atoms with Gasteiger partial charge in [-0.25, -0.2) is 26.7 Å². The number of alkyl carbamates (subject to hydrolysis) is 1. The largest absolute Gasteiger partial charge is 0.443 e. The van der Waals surface area contributed by atoms with E-state index in [1.165, 1.54) is 0 Å². The summed E-state index contributed by atoms with van der Waals surface area (Å²) < 4.78 is 70.3. The lowest BCUT2D eigenvalue weighted by Crippen LogP contribution is -2.50. The number of ether oxygens (including phenoxy) is 1. The fourth-order valence-electron chi connectivity index (χ4n) is 1.62. The zero-order chi connectivity index (χ0) is 13.5. The molecule has 0 spiro atoms. The molecule has 0 bridgehead atoms. The second-order valence-electron chi connectivity index (χ2n) is 3.70. The molecule has 1 aromatic rings. The van der Waals surface area contributed by atoms with Gasteiger partial charge in [0.15, 0.2) is 6.61 Å². The Morgan fingerprint density at radius 3 is 2.26 bits per heavy atom. The summed E-state index contributed by atoms with van der Waals surface area (Å²) in [5, 5.41) is 1.61. The van der Waals surface area contributed by atoms with E-state index >= 15 is 0 Å². The molecule has 19 heavy (non-hydrogen) atoms. The lowest BCUT2D eigenvalue weighted by atomic mass is 9.99. The van der Waals surface area contributed by atoms with Crippen molar-refractivity contribution in [1.29, 1.82) is 0 Å². The molecule has 1 amide bonds. The number of carbonyl (C=O) groups is 1. The fraction of sp³-hybridized carbons (Fsp3) is 0.300. The number of amides is 1. The van der Waals surface area contributed by atoms with Crippen molar-refractivity contribution in [1.82, 2.24) is 5.32 Å². The zero-order valence-corrected chi connectivity index (χ0v) is 9.87. The first-order valence-corrected chi connectivity index (χ1v) is 4.77. The number of alkyl halides is 2. The van der Waals surface area contributed by atoms with Gasteiger partial charge in [-0.15, -0.1) is 12.4 Å². The molecule has 0 saturated carbocycles. The van der Waals surface area contributed by atoms with E-state index < -0.39 is 47.7 Å². The molecule has 1 aliphatic heterocycles. The van der Waals surface area contributed by atoms with Crippen LogP contribution in [0, 0.1) is 17.5 Å². The summed E-state index contributed by atoms with van der Waals surface area (Å²) in [6, 6.07) is -1.72. The number of benzene rings is 1. The van der Waals surface area contributed by atoms with Crippen molar-refractivity contribution in [3.8, 4) is 0 Å². The Kier molecular flexibility index (Phi) is 4.24. The lowest BCUT2D eigenvalue weighted by Gasteiger charge is -2.32. The van der Waals surface area contributed by atoms with Crippen molar-refractivity contribution in [2.75, 3.05) is 6.61 Å². The Bertz CT molecular complexity index is 488. The van der Waals surface area contributed by atoms with Crippen LogP contribution in [0.15, 0.2) is 12.1 Å². The van der Waals surface area contributed by atoms with Crippen LogP contribution in [0.5, 0.6) is 0 Å². The van der Waals surface area contributed by atoms with Gasteiger partial charge < -0.3 is 10.1 Å². The Labute approximate surface area is 110 Å². The minimum absolute atomic E-state index is 0. The third-order valence-electron chi connectivity index (χ3n) is 2.41. The fourth-order valence-corrected chi connectivity index (χ4v) is 1.62. The molecule has 2 rings (SSSR count). The highest BCUT2D eigenvalue weighted by molar-refractivity contribution is 5.85. The zero-order valence-electron chi connectivity index (χ0n) is 9.05. The van der Waals surface area contributed by atoms with Gasteiger partial charge in [0, 0.05) is 12.1 Å². The topological polar surface area (TPSA) is 38.3 Å². The standard InChI is InChI=1S/C10H6F5NO2.ClH/c11-4-1-5(12)7(6(13)2-4)8-10(14,15)3-18-9(17)16-8;/h1-2,8H,3H2,(H,16,17);1H/t8-;/m0./s1. The number of hydrogen-bond acceptors (Lipinski definition) is 2. The minimum atomic E-state index is -3.70. The molecule has 0 unspecified atom stereocenters. The van der Waals surface area contributed by atoms with Gasteiger partial charge in [-0.3, -0.25) is 0 Å². The molecule has 1 aliphatic rings. The van der Waals surface area contributed by atoms with Gasteiger partial charge in [0.25, 0.3) is 0 Å². The third-order valence-corrected chi connectivity index (χ3v) is 2.41. The summed E-state index contributed by atoms with van der Waals surface area (Å²) >= 11 is 0. The van der Waals surface area contributed by atoms with Crippen LogP contribution in [0.4, 0.5) is 26.7 Å². The number of halogens is 6. The highest BCUT2D eigenvalue weighted by Crippen LogP contribution is 2.37. The van der Waals surface area contributed by atoms with Crippen molar-refractivity contribution in [3.63, 3.8) is 0 Å². The van der Waals surface area contributed by atoms with Gasteiger partial charge in [-0.05, 0) is 0 Å². The predicted octanol–water partition coefficient (Wildman–Crippen LogP) is 2.94. The first-order chi connectivity index (χ1) is 8.31. The monoisotopic (exact) mass is 303 g/mol. The molecule has 1 saturated heterocycles. The number of rotatable bonds is 1. The summed E-state index contributed by atoms with van der Waals surface area (Å²) in [4.78, 5) is 10.8. The molecule has 0 aromatic heterocycles. The minimum Gasteiger partial charge on any atom is -0.443 e. The normalized spacial score (nSPS) is 21.1. The van der Waals surface area contributed by atoms with E-state index in [4.69, 9.17) is 0 Å². The first-order valence-electron chi connectivity index (χ1n) is 4.77. The van der Waals surface area contributed by atoms with E-state index in [2.05, 4.69) is 4.74 Å². The summed E-state index contributed by atoms with van der Waals surface area (Å²) in [6.07, 6.45) is -1.23. The van der Waals surface area contributed by atoms with E-state index in [0.29, 0.717) is 0 Å². The maximum Gasteiger partial charge on any atom is 0.408 e. The third kappa shape index (κ3) is 2.89. The average Bonchev–Trinajstić information content (AvgIpc) is 2.22. The second-order valence-corrected chi connectivity index (χ2v) is 3.70. The van der Waals surface area contributed by atoms with Gasteiger partial charge in [0.05, 0.1) is 5.56 Å². The van der Waals surface area contributed by atoms with Crippen LogP contribution in [0.1, 0.15) is 11.6 Å². The van der Waals surface area contributed by atoms with Crippen molar-refractivity contribution in [3.05, 3.63) is 35.1 Å². The van der Waals surface area contributed by atoms with Crippen LogP contribution < -0.4 is 5.32 Å². The van der Waals surface area contributed by atoms with Gasteiger partial charge in [-0.1, -0.05) is 0 Å². The highest BCUT2D eigenvalue weighted by atomic mass is 35.5. The van der Waals surface area contributed by atoms with E-state index in [1.807, 2.05) is 0 Å². The molecule has 1 atom stereocenters. The maximum absolute atomic E-state index is 13.4. The molecule has 1 aromatic carbocycles. The Morgan fingerprint density at radius 2 is 1.74 bits per heavy atom. The number of cyclic esters (lactones) is 1. The SMILES string of the molecule is Cl.O=C1N[C@@H](c2c(F)cc(F)cc2F)C(F)(F)CO1. The first kappa shape index (κ1) is 15.5. The van der Waals surface area contributed by atoms with E-state index in [-0.39, 0.29) is 24.5 Å². The summed E-state index contributed by atoms with van der Waals surface area (Å²) in [7, 11) is 0. The van der Waals surface area contributed by atoms with Crippen LogP contribution in [0.25, 0.3) is 0 Å². The Balaban J connectivity index is 0.00000180. The predicted molar refractivity (Wildman–Crippen MR) is 55.7 cm³/mol. The number of nitrogens with one attached hydrogen (secondary N) is 1. The van der Waals surface area contributed by atoms with Gasteiger partial charge in [-0.2, -0.15) is 0 Å². The van der Waals surface area contributed by atoms with Crippen molar-refractivity contribution < 1.29 is 31.5 Å². The molecule has 106 valence electrons. The molecule has 1 fully saturated rings. The lowest BCUT2D eigenvalue weighted by molar-refractivity contribution is -0.105. The van der Waals surface area contributed by atoms with Crippen molar-refractivity contribution >= 4 is 18.5 Å². The molecule has 1 N–H and O–H groups in total. The van der Waals surface area contributed by atoms with Crippen LogP contribution in [0.3, 0.4) is 0 Å².